The Labute approximate surface area is 75.2 Å². The molecule has 0 aromatic heterocycles. The predicted octanol–water partition coefficient (Wildman–Crippen LogP) is 3.27. The number of hydrogen-bond acceptors (Lipinski definition) is 1. The summed E-state index contributed by atoms with van der Waals surface area (Å²) in [7, 11) is 0. The van der Waals surface area contributed by atoms with Gasteiger partial charge >= 0.3 is 0 Å². The molecule has 1 nitrogen and oxygen atoms in total. The van der Waals surface area contributed by atoms with Crippen molar-refractivity contribution in [1.82, 2.24) is 0 Å². The van der Waals surface area contributed by atoms with Gasteiger partial charge in [0.15, 0.2) is 5.78 Å². The number of Topliss-reactive ketones (excluding diaryl/α,β-unsaturated/α-hetero) is 1. The molecule has 0 heterocycles. The summed E-state index contributed by atoms with van der Waals surface area (Å²) in [6.45, 7) is 7.90. The van der Waals surface area contributed by atoms with Crippen molar-refractivity contribution in [3.8, 4) is 0 Å². The smallest absolute Gasteiger partial charge is 0.163 e. The van der Waals surface area contributed by atoms with Crippen LogP contribution in [0.25, 0.3) is 0 Å². The summed E-state index contributed by atoms with van der Waals surface area (Å²) in [6.07, 6.45) is 5.58. The lowest BCUT2D eigenvalue weighted by Crippen LogP contribution is -1.90. The van der Waals surface area contributed by atoms with Crippen LogP contribution in [0.1, 0.15) is 40.5 Å². The lowest BCUT2D eigenvalue weighted by atomic mass is 10.1. The van der Waals surface area contributed by atoms with Crippen LogP contribution in [0.15, 0.2) is 23.3 Å². The van der Waals surface area contributed by atoms with E-state index in [1.165, 1.54) is 5.57 Å². The highest BCUT2D eigenvalue weighted by molar-refractivity contribution is 6.02. The van der Waals surface area contributed by atoms with Crippen LogP contribution < -0.4 is 0 Å². The van der Waals surface area contributed by atoms with Gasteiger partial charge < -0.3 is 0 Å². The standard InChI is InChI=1S/C9H12O.C2H6/c1-3-7-5-6-9(10)8(7)4-2;1-2/h3-4H,5-6H2,1-2H3;1-2H3/b7-3-,8-4+;. The maximum Gasteiger partial charge on any atom is 0.163 e. The third-order valence-electron chi connectivity index (χ3n) is 1.90. The highest BCUT2D eigenvalue weighted by Gasteiger charge is 2.20. The van der Waals surface area contributed by atoms with Crippen molar-refractivity contribution in [3.63, 3.8) is 0 Å². The first-order chi connectivity index (χ1) is 5.79. The van der Waals surface area contributed by atoms with Crippen molar-refractivity contribution < 1.29 is 4.79 Å². The van der Waals surface area contributed by atoms with Crippen LogP contribution in [-0.2, 0) is 4.79 Å². The second kappa shape index (κ2) is 5.76. The number of rotatable bonds is 0. The Balaban J connectivity index is 0.000000561. The number of carbonyl (C=O) groups is 1. The van der Waals surface area contributed by atoms with Gasteiger partial charge in [0.05, 0.1) is 0 Å². The van der Waals surface area contributed by atoms with E-state index in [1.807, 2.05) is 39.8 Å². The first-order valence-corrected chi connectivity index (χ1v) is 4.64. The number of carbonyl (C=O) groups excluding carboxylic acids is 1. The molecule has 1 fully saturated rings. The minimum atomic E-state index is 0.301. The Bertz CT molecular complexity index is 209. The molecule has 0 aliphatic heterocycles. The van der Waals surface area contributed by atoms with Crippen LogP contribution in [0.4, 0.5) is 0 Å². The molecule has 0 aromatic carbocycles. The van der Waals surface area contributed by atoms with E-state index in [9.17, 15) is 4.79 Å². The highest BCUT2D eigenvalue weighted by Crippen LogP contribution is 2.26. The minimum Gasteiger partial charge on any atom is -0.294 e. The molecule has 1 saturated carbocycles. The first kappa shape index (κ1) is 11.2. The molecule has 0 amide bonds. The fraction of sp³-hybridized carbons (Fsp3) is 0.545. The van der Waals surface area contributed by atoms with Crippen LogP contribution in [0.3, 0.4) is 0 Å². The maximum absolute atomic E-state index is 11.1. The van der Waals surface area contributed by atoms with E-state index >= 15 is 0 Å². The molecule has 0 spiro atoms. The van der Waals surface area contributed by atoms with Crippen molar-refractivity contribution in [2.24, 2.45) is 0 Å². The summed E-state index contributed by atoms with van der Waals surface area (Å²) >= 11 is 0. The number of hydrogen-bond donors (Lipinski definition) is 0. The molecular weight excluding hydrogens is 148 g/mol. The van der Waals surface area contributed by atoms with Gasteiger partial charge in [0, 0.05) is 12.0 Å². The highest BCUT2D eigenvalue weighted by atomic mass is 16.1. The maximum atomic E-state index is 11.1. The molecule has 0 atom stereocenters. The zero-order valence-electron chi connectivity index (χ0n) is 8.48. The molecule has 1 heteroatoms. The van der Waals surface area contributed by atoms with Crippen molar-refractivity contribution in [1.29, 1.82) is 0 Å². The van der Waals surface area contributed by atoms with Crippen LogP contribution in [0.2, 0.25) is 0 Å². The lowest BCUT2D eigenvalue weighted by Gasteiger charge is -1.93. The summed E-state index contributed by atoms with van der Waals surface area (Å²) in [6, 6.07) is 0. The summed E-state index contributed by atoms with van der Waals surface area (Å²) in [5, 5.41) is 0. The third kappa shape index (κ3) is 2.33. The van der Waals surface area contributed by atoms with E-state index < -0.39 is 0 Å². The van der Waals surface area contributed by atoms with Crippen molar-refractivity contribution in [3.05, 3.63) is 23.3 Å². The Kier molecular flexibility index (Phi) is 5.35. The van der Waals surface area contributed by atoms with E-state index in [0.29, 0.717) is 12.2 Å². The van der Waals surface area contributed by atoms with Crippen molar-refractivity contribution >= 4 is 5.78 Å². The van der Waals surface area contributed by atoms with Gasteiger partial charge in [-0.3, -0.25) is 4.79 Å². The zero-order chi connectivity index (χ0) is 9.56. The summed E-state index contributed by atoms with van der Waals surface area (Å²) in [4.78, 5) is 11.1. The second-order valence-corrected chi connectivity index (χ2v) is 2.44. The number of ketones is 1. The fourth-order valence-electron chi connectivity index (χ4n) is 1.34. The summed E-state index contributed by atoms with van der Waals surface area (Å²) < 4.78 is 0. The largest absolute Gasteiger partial charge is 0.294 e. The second-order valence-electron chi connectivity index (χ2n) is 2.44. The van der Waals surface area contributed by atoms with Gasteiger partial charge in [-0.1, -0.05) is 26.0 Å². The third-order valence-corrected chi connectivity index (χ3v) is 1.90. The average molecular weight is 166 g/mol. The molecule has 0 bridgehead atoms. The molecule has 0 N–H and O–H groups in total. The Morgan fingerprint density at radius 3 is 2.00 bits per heavy atom. The van der Waals surface area contributed by atoms with E-state index in [0.717, 1.165) is 12.0 Å². The van der Waals surface area contributed by atoms with Crippen molar-refractivity contribution in [2.45, 2.75) is 40.5 Å². The van der Waals surface area contributed by atoms with E-state index in [2.05, 4.69) is 0 Å². The topological polar surface area (TPSA) is 17.1 Å². The van der Waals surface area contributed by atoms with E-state index in [1.54, 1.807) is 0 Å². The molecule has 0 unspecified atom stereocenters. The quantitative estimate of drug-likeness (QED) is 0.505. The summed E-state index contributed by atoms with van der Waals surface area (Å²) in [5.74, 6) is 0.301. The van der Waals surface area contributed by atoms with Gasteiger partial charge in [0.25, 0.3) is 0 Å². The van der Waals surface area contributed by atoms with Gasteiger partial charge in [-0.2, -0.15) is 0 Å². The first-order valence-electron chi connectivity index (χ1n) is 4.64. The normalized spacial score (nSPS) is 22.8. The monoisotopic (exact) mass is 166 g/mol. The predicted molar refractivity (Wildman–Crippen MR) is 53.1 cm³/mol. The van der Waals surface area contributed by atoms with E-state index in [-0.39, 0.29) is 0 Å². The molecule has 1 aliphatic carbocycles. The molecule has 0 radical (unpaired) electrons. The van der Waals surface area contributed by atoms with Gasteiger partial charge in [0.1, 0.15) is 0 Å². The Morgan fingerprint density at radius 2 is 1.67 bits per heavy atom. The molecule has 0 saturated heterocycles. The molecule has 1 aliphatic rings. The van der Waals surface area contributed by atoms with Gasteiger partial charge in [-0.25, -0.2) is 0 Å². The Hall–Kier alpha value is -0.850. The average Bonchev–Trinajstić information content (AvgIpc) is 2.49. The van der Waals surface area contributed by atoms with Gasteiger partial charge in [0.2, 0.25) is 0 Å². The van der Waals surface area contributed by atoms with E-state index in [4.69, 9.17) is 0 Å². The molecule has 0 aromatic rings. The van der Waals surface area contributed by atoms with Gasteiger partial charge in [-0.15, -0.1) is 0 Å². The molecule has 12 heavy (non-hydrogen) atoms. The molecular formula is C11H18O. The van der Waals surface area contributed by atoms with Crippen LogP contribution >= 0.6 is 0 Å². The minimum absolute atomic E-state index is 0.301. The van der Waals surface area contributed by atoms with Crippen LogP contribution in [0, 0.1) is 0 Å². The van der Waals surface area contributed by atoms with Gasteiger partial charge in [-0.05, 0) is 25.8 Å². The van der Waals surface area contributed by atoms with Crippen molar-refractivity contribution in [2.75, 3.05) is 0 Å². The number of allylic oxidation sites excluding steroid dienone is 4. The fourth-order valence-corrected chi connectivity index (χ4v) is 1.34. The Morgan fingerprint density at radius 1 is 1.08 bits per heavy atom. The lowest BCUT2D eigenvalue weighted by molar-refractivity contribution is -0.114. The molecule has 68 valence electrons. The van der Waals surface area contributed by atoms with Crippen LogP contribution in [-0.4, -0.2) is 5.78 Å². The SMILES string of the molecule is C/C=C1/CCC(=O)/C1=C/C.CC. The summed E-state index contributed by atoms with van der Waals surface area (Å²) in [5.41, 5.74) is 2.15. The van der Waals surface area contributed by atoms with Crippen LogP contribution in [0.5, 0.6) is 0 Å². The molecule has 1 rings (SSSR count). The zero-order valence-corrected chi connectivity index (χ0v) is 8.48.